The number of hydrogen-bond acceptors (Lipinski definition) is 4. The van der Waals surface area contributed by atoms with Crippen molar-refractivity contribution in [2.45, 2.75) is 39.2 Å². The zero-order valence-corrected chi connectivity index (χ0v) is 17.2. The Morgan fingerprint density at radius 1 is 1.17 bits per heavy atom. The molecule has 0 spiro atoms. The predicted octanol–water partition coefficient (Wildman–Crippen LogP) is 5.27. The lowest BCUT2D eigenvalue weighted by atomic mass is 10.0. The molecule has 0 bridgehead atoms. The Hall–Kier alpha value is -2.99. The van der Waals surface area contributed by atoms with Crippen LogP contribution in [-0.2, 0) is 11.3 Å². The van der Waals surface area contributed by atoms with Crippen molar-refractivity contribution in [3.8, 4) is 11.1 Å². The van der Waals surface area contributed by atoms with E-state index in [1.54, 1.807) is 4.57 Å². The topological polar surface area (TPSA) is 72.2 Å². The smallest absolute Gasteiger partial charge is 0.303 e. The molecule has 2 aromatic carbocycles. The number of carboxylic acid groups (broad SMARTS) is 1. The molecule has 2 heterocycles. The molecule has 0 amide bonds. The van der Waals surface area contributed by atoms with E-state index in [0.29, 0.717) is 24.2 Å². The van der Waals surface area contributed by atoms with Gasteiger partial charge >= 0.3 is 5.97 Å². The summed E-state index contributed by atoms with van der Waals surface area (Å²) in [5.41, 5.74) is 1.78. The molecule has 148 valence electrons. The minimum atomic E-state index is -0.856. The van der Waals surface area contributed by atoms with Gasteiger partial charge in [0.25, 0.3) is 5.56 Å². The summed E-state index contributed by atoms with van der Waals surface area (Å²) in [6.45, 7) is 4.35. The van der Waals surface area contributed by atoms with Crippen LogP contribution in [0.15, 0.2) is 52.6 Å². The molecule has 29 heavy (non-hydrogen) atoms. The number of aliphatic carboxylic acids is 1. The average molecular weight is 407 g/mol. The van der Waals surface area contributed by atoms with Crippen LogP contribution in [0.25, 0.3) is 32.1 Å². The van der Waals surface area contributed by atoms with E-state index >= 15 is 0 Å². The Bertz CT molecular complexity index is 1270. The second-order valence-electron chi connectivity index (χ2n) is 7.47. The number of thiophene rings is 1. The van der Waals surface area contributed by atoms with Gasteiger partial charge in [-0.15, -0.1) is 11.3 Å². The lowest BCUT2D eigenvalue weighted by Gasteiger charge is -2.15. The molecule has 0 aliphatic rings. The summed E-state index contributed by atoms with van der Waals surface area (Å²) >= 11 is 1.48. The molecule has 2 aromatic heterocycles. The van der Waals surface area contributed by atoms with Crippen molar-refractivity contribution in [1.82, 2.24) is 9.55 Å². The summed E-state index contributed by atoms with van der Waals surface area (Å²) in [5.74, 6) is -0.0754. The number of fused-ring (bicyclic) bond motifs is 2. The van der Waals surface area contributed by atoms with Crippen LogP contribution >= 0.6 is 11.3 Å². The minimum absolute atomic E-state index is 0.0309. The average Bonchev–Trinajstić information content (AvgIpc) is 3.13. The Morgan fingerprint density at radius 3 is 2.66 bits per heavy atom. The van der Waals surface area contributed by atoms with Crippen LogP contribution in [0, 0.1) is 0 Å². The highest BCUT2D eigenvalue weighted by Gasteiger charge is 2.19. The van der Waals surface area contributed by atoms with Gasteiger partial charge < -0.3 is 5.11 Å². The Kier molecular flexibility index (Phi) is 5.20. The second-order valence-corrected chi connectivity index (χ2v) is 8.33. The first-order chi connectivity index (χ1) is 14.0. The lowest BCUT2D eigenvalue weighted by molar-refractivity contribution is -0.137. The number of aromatic nitrogens is 2. The molecule has 5 nitrogen and oxygen atoms in total. The molecular weight excluding hydrogens is 384 g/mol. The van der Waals surface area contributed by atoms with Crippen LogP contribution in [-0.4, -0.2) is 20.6 Å². The number of hydrogen-bond donors (Lipinski definition) is 1. The van der Waals surface area contributed by atoms with E-state index in [1.165, 1.54) is 11.3 Å². The summed E-state index contributed by atoms with van der Waals surface area (Å²) in [7, 11) is 0. The SMILES string of the molecule is CC(C)c1nc2scc(-c3ccc4ccccc4c3)c2c(=O)n1CCCC(=O)O. The maximum Gasteiger partial charge on any atom is 0.303 e. The fraction of sp³-hybridized carbons (Fsp3) is 0.261. The van der Waals surface area contributed by atoms with Crippen molar-refractivity contribution in [3.63, 3.8) is 0 Å². The zero-order valence-electron chi connectivity index (χ0n) is 16.4. The van der Waals surface area contributed by atoms with Gasteiger partial charge in [-0.05, 0) is 28.8 Å². The van der Waals surface area contributed by atoms with Crippen LogP contribution in [0.4, 0.5) is 0 Å². The van der Waals surface area contributed by atoms with Crippen LogP contribution in [0.1, 0.15) is 38.4 Å². The number of carbonyl (C=O) groups is 1. The molecule has 4 rings (SSSR count). The Morgan fingerprint density at radius 2 is 1.93 bits per heavy atom. The lowest BCUT2D eigenvalue weighted by Crippen LogP contribution is -2.26. The summed E-state index contributed by atoms with van der Waals surface area (Å²) in [6, 6.07) is 14.3. The summed E-state index contributed by atoms with van der Waals surface area (Å²) < 4.78 is 1.66. The van der Waals surface area contributed by atoms with E-state index in [1.807, 2.05) is 37.4 Å². The second kappa shape index (κ2) is 7.79. The maximum absolute atomic E-state index is 13.4. The molecule has 4 aromatic rings. The molecule has 0 saturated carbocycles. The summed E-state index contributed by atoms with van der Waals surface area (Å²) in [4.78, 5) is 29.8. The van der Waals surface area contributed by atoms with Crippen molar-refractivity contribution in [1.29, 1.82) is 0 Å². The highest BCUT2D eigenvalue weighted by atomic mass is 32.1. The van der Waals surface area contributed by atoms with Gasteiger partial charge in [-0.1, -0.05) is 50.2 Å². The van der Waals surface area contributed by atoms with Gasteiger partial charge in [-0.25, -0.2) is 4.98 Å². The minimum Gasteiger partial charge on any atom is -0.481 e. The van der Waals surface area contributed by atoms with Crippen molar-refractivity contribution in [3.05, 3.63) is 64.0 Å². The zero-order chi connectivity index (χ0) is 20.5. The number of carboxylic acids is 1. The summed E-state index contributed by atoms with van der Waals surface area (Å²) in [5, 5.41) is 13.8. The van der Waals surface area contributed by atoms with Gasteiger partial charge in [-0.2, -0.15) is 0 Å². The van der Waals surface area contributed by atoms with Crippen molar-refractivity contribution in [2.75, 3.05) is 0 Å². The van der Waals surface area contributed by atoms with Crippen LogP contribution < -0.4 is 5.56 Å². The van der Waals surface area contributed by atoms with E-state index < -0.39 is 5.97 Å². The van der Waals surface area contributed by atoms with Crippen LogP contribution in [0.5, 0.6) is 0 Å². The highest BCUT2D eigenvalue weighted by molar-refractivity contribution is 7.17. The van der Waals surface area contributed by atoms with Crippen molar-refractivity contribution in [2.24, 2.45) is 0 Å². The third-order valence-corrected chi connectivity index (χ3v) is 5.94. The van der Waals surface area contributed by atoms with Gasteiger partial charge in [0.05, 0.1) is 5.39 Å². The standard InChI is InChI=1S/C23H22N2O3S/c1-14(2)21-24-22-20(23(28)25(21)11-5-8-19(26)27)18(13-29-22)17-10-9-15-6-3-4-7-16(15)12-17/h3-4,6-7,9-10,12-14H,5,8,11H2,1-2H3,(H,26,27). The quantitative estimate of drug-likeness (QED) is 0.474. The molecule has 6 heteroatoms. The van der Waals surface area contributed by atoms with Gasteiger partial charge in [0.1, 0.15) is 10.7 Å². The first kappa shape index (κ1) is 19.3. The van der Waals surface area contributed by atoms with Crippen molar-refractivity contribution >= 4 is 38.3 Å². The summed E-state index contributed by atoms with van der Waals surface area (Å²) in [6.07, 6.45) is 0.431. The maximum atomic E-state index is 13.4. The van der Waals surface area contributed by atoms with Gasteiger partial charge in [0.15, 0.2) is 0 Å². The highest BCUT2D eigenvalue weighted by Crippen LogP contribution is 2.33. The molecular formula is C23H22N2O3S. The van der Waals surface area contributed by atoms with E-state index in [4.69, 9.17) is 10.1 Å². The molecule has 0 unspecified atom stereocenters. The van der Waals surface area contributed by atoms with E-state index in [-0.39, 0.29) is 17.9 Å². The molecule has 0 radical (unpaired) electrons. The molecule has 0 aliphatic carbocycles. The Balaban J connectivity index is 1.87. The molecule has 0 aliphatic heterocycles. The molecule has 1 N–H and O–H groups in total. The molecule has 0 saturated heterocycles. The molecule has 0 atom stereocenters. The largest absolute Gasteiger partial charge is 0.481 e. The fourth-order valence-electron chi connectivity index (χ4n) is 3.65. The fourth-order valence-corrected chi connectivity index (χ4v) is 4.60. The monoisotopic (exact) mass is 406 g/mol. The Labute approximate surface area is 172 Å². The predicted molar refractivity (Wildman–Crippen MR) is 118 cm³/mol. The van der Waals surface area contributed by atoms with Crippen molar-refractivity contribution < 1.29 is 9.90 Å². The molecule has 0 fully saturated rings. The number of rotatable bonds is 6. The third-order valence-electron chi connectivity index (χ3n) is 5.07. The van der Waals surface area contributed by atoms with Gasteiger partial charge in [0, 0.05) is 29.8 Å². The third kappa shape index (κ3) is 3.68. The van der Waals surface area contributed by atoms with E-state index in [2.05, 4.69) is 24.3 Å². The number of benzene rings is 2. The first-order valence-corrected chi connectivity index (χ1v) is 10.6. The van der Waals surface area contributed by atoms with E-state index in [9.17, 15) is 9.59 Å². The first-order valence-electron chi connectivity index (χ1n) is 9.68. The van der Waals surface area contributed by atoms with E-state index in [0.717, 1.165) is 26.7 Å². The van der Waals surface area contributed by atoms with Crippen LogP contribution in [0.3, 0.4) is 0 Å². The van der Waals surface area contributed by atoms with Gasteiger partial charge in [-0.3, -0.25) is 14.2 Å². The van der Waals surface area contributed by atoms with Crippen LogP contribution in [0.2, 0.25) is 0 Å². The van der Waals surface area contributed by atoms with Gasteiger partial charge in [0.2, 0.25) is 0 Å². The normalized spacial score (nSPS) is 11.6. The number of nitrogens with zero attached hydrogens (tertiary/aromatic N) is 2.